The number of rotatable bonds is 5. The van der Waals surface area contributed by atoms with Gasteiger partial charge < -0.3 is 14.7 Å². The predicted octanol–water partition coefficient (Wildman–Crippen LogP) is 3.68. The molecule has 21 heavy (non-hydrogen) atoms. The summed E-state index contributed by atoms with van der Waals surface area (Å²) in [5.41, 5.74) is 2.54. The van der Waals surface area contributed by atoms with Gasteiger partial charge in [0.25, 0.3) is 0 Å². The molecule has 1 aromatic rings. The lowest BCUT2D eigenvalue weighted by molar-refractivity contribution is 0.119. The lowest BCUT2D eigenvalue weighted by atomic mass is 9.97. The number of carbonyl (C=O) groups is 1. The Morgan fingerprint density at radius 1 is 1.43 bits per heavy atom. The third kappa shape index (κ3) is 4.90. The minimum atomic E-state index is -0.812. The summed E-state index contributed by atoms with van der Waals surface area (Å²) in [6, 6.07) is 10.2. The summed E-state index contributed by atoms with van der Waals surface area (Å²) in [5, 5.41) is 9.04. The number of nitrogens with zero attached hydrogens (tertiary/aromatic N) is 1. The van der Waals surface area contributed by atoms with Crippen molar-refractivity contribution in [3.05, 3.63) is 47.5 Å². The molecule has 0 aromatic heterocycles. The number of amides is 1. The van der Waals surface area contributed by atoms with Crippen LogP contribution in [0.4, 0.5) is 4.79 Å². The number of piperidine rings is 1. The van der Waals surface area contributed by atoms with E-state index in [9.17, 15) is 4.79 Å². The molecule has 0 aliphatic carbocycles. The van der Waals surface area contributed by atoms with E-state index in [4.69, 9.17) is 9.84 Å². The van der Waals surface area contributed by atoms with Gasteiger partial charge >= 0.3 is 6.09 Å². The van der Waals surface area contributed by atoms with E-state index in [1.807, 2.05) is 25.1 Å². The van der Waals surface area contributed by atoms with Crippen LogP contribution < -0.4 is 0 Å². The highest BCUT2D eigenvalue weighted by molar-refractivity contribution is 5.65. The first-order valence-electron chi connectivity index (χ1n) is 7.46. The molecule has 1 aliphatic rings. The molecule has 0 bridgehead atoms. The molecule has 1 aromatic carbocycles. The van der Waals surface area contributed by atoms with E-state index < -0.39 is 6.09 Å². The minimum Gasteiger partial charge on any atom is -0.465 e. The fourth-order valence-corrected chi connectivity index (χ4v) is 2.66. The van der Waals surface area contributed by atoms with Crippen molar-refractivity contribution < 1.29 is 14.6 Å². The lowest BCUT2D eigenvalue weighted by Crippen LogP contribution is -2.41. The van der Waals surface area contributed by atoms with Gasteiger partial charge in [-0.1, -0.05) is 42.0 Å². The van der Waals surface area contributed by atoms with Crippen molar-refractivity contribution in [3.63, 3.8) is 0 Å². The van der Waals surface area contributed by atoms with Crippen LogP contribution in [0.2, 0.25) is 0 Å². The third-order valence-electron chi connectivity index (χ3n) is 3.82. The maximum Gasteiger partial charge on any atom is 0.407 e. The Labute approximate surface area is 126 Å². The molecule has 2 rings (SSSR count). The summed E-state index contributed by atoms with van der Waals surface area (Å²) in [7, 11) is 0. The molecule has 1 N–H and O–H groups in total. The highest BCUT2D eigenvalue weighted by atomic mass is 16.5. The Morgan fingerprint density at radius 2 is 2.19 bits per heavy atom. The smallest absolute Gasteiger partial charge is 0.407 e. The SMILES string of the molecule is C[C@H]1C/C(=C/CCOCc2ccccc2)CCN1C(=O)O. The van der Waals surface area contributed by atoms with Crippen LogP contribution >= 0.6 is 0 Å². The largest absolute Gasteiger partial charge is 0.465 e. The van der Waals surface area contributed by atoms with Gasteiger partial charge in [-0.15, -0.1) is 0 Å². The van der Waals surface area contributed by atoms with Gasteiger partial charge in [0.2, 0.25) is 0 Å². The average molecular weight is 289 g/mol. The zero-order valence-corrected chi connectivity index (χ0v) is 12.5. The van der Waals surface area contributed by atoms with Crippen LogP contribution in [0.15, 0.2) is 42.0 Å². The molecule has 114 valence electrons. The molecular weight excluding hydrogens is 266 g/mol. The zero-order chi connectivity index (χ0) is 15.1. The topological polar surface area (TPSA) is 49.8 Å². The van der Waals surface area contributed by atoms with Crippen LogP contribution in [0.3, 0.4) is 0 Å². The summed E-state index contributed by atoms with van der Waals surface area (Å²) < 4.78 is 5.65. The van der Waals surface area contributed by atoms with E-state index in [-0.39, 0.29) is 6.04 Å². The molecule has 1 saturated heterocycles. The third-order valence-corrected chi connectivity index (χ3v) is 3.82. The van der Waals surface area contributed by atoms with Gasteiger partial charge in [-0.25, -0.2) is 4.79 Å². The van der Waals surface area contributed by atoms with E-state index in [0.29, 0.717) is 19.8 Å². The summed E-state index contributed by atoms with van der Waals surface area (Å²) >= 11 is 0. The predicted molar refractivity (Wildman–Crippen MR) is 82.2 cm³/mol. The van der Waals surface area contributed by atoms with Crippen LogP contribution in [0.5, 0.6) is 0 Å². The van der Waals surface area contributed by atoms with Crippen molar-refractivity contribution in [3.8, 4) is 0 Å². The maximum absolute atomic E-state index is 11.0. The standard InChI is InChI=1S/C17H23NO3/c1-14-12-15(9-10-18(14)17(19)20)8-5-11-21-13-16-6-3-2-4-7-16/h2-4,6-8,14H,5,9-13H2,1H3,(H,19,20)/b15-8+/t14-/m0/s1. The number of benzene rings is 1. The Kier molecular flexibility index (Phi) is 5.81. The second-order valence-electron chi connectivity index (χ2n) is 5.47. The Hall–Kier alpha value is -1.81. The molecule has 0 radical (unpaired) electrons. The van der Waals surface area contributed by atoms with Crippen LogP contribution in [-0.4, -0.2) is 35.3 Å². The van der Waals surface area contributed by atoms with Crippen molar-refractivity contribution in [2.45, 2.75) is 38.8 Å². The number of ether oxygens (including phenoxy) is 1. The lowest BCUT2D eigenvalue weighted by Gasteiger charge is -2.32. The molecule has 1 heterocycles. The first-order chi connectivity index (χ1) is 10.2. The van der Waals surface area contributed by atoms with E-state index in [0.717, 1.165) is 19.3 Å². The zero-order valence-electron chi connectivity index (χ0n) is 12.5. The van der Waals surface area contributed by atoms with Crippen molar-refractivity contribution >= 4 is 6.09 Å². The fraction of sp³-hybridized carbons (Fsp3) is 0.471. The van der Waals surface area contributed by atoms with Gasteiger partial charge in [-0.05, 0) is 31.7 Å². The molecule has 0 unspecified atom stereocenters. The van der Waals surface area contributed by atoms with Crippen LogP contribution in [0.25, 0.3) is 0 Å². The first kappa shape index (κ1) is 15.6. The maximum atomic E-state index is 11.0. The van der Waals surface area contributed by atoms with E-state index >= 15 is 0 Å². The summed E-state index contributed by atoms with van der Waals surface area (Å²) in [4.78, 5) is 12.5. The molecule has 4 heteroatoms. The molecule has 1 atom stereocenters. The molecule has 0 spiro atoms. The Morgan fingerprint density at radius 3 is 2.86 bits per heavy atom. The van der Waals surface area contributed by atoms with Gasteiger partial charge in [0.1, 0.15) is 0 Å². The van der Waals surface area contributed by atoms with E-state index in [1.54, 1.807) is 0 Å². The van der Waals surface area contributed by atoms with Crippen molar-refractivity contribution in [1.82, 2.24) is 4.90 Å². The molecule has 1 amide bonds. The fourth-order valence-electron chi connectivity index (χ4n) is 2.66. The van der Waals surface area contributed by atoms with Crippen molar-refractivity contribution in [2.75, 3.05) is 13.2 Å². The summed E-state index contributed by atoms with van der Waals surface area (Å²) in [6.45, 7) is 3.92. The molecule has 4 nitrogen and oxygen atoms in total. The van der Waals surface area contributed by atoms with Gasteiger partial charge in [-0.2, -0.15) is 0 Å². The molecule has 1 aliphatic heterocycles. The summed E-state index contributed by atoms with van der Waals surface area (Å²) in [5.74, 6) is 0. The molecule has 1 fully saturated rings. The number of likely N-dealkylation sites (tertiary alicyclic amines) is 1. The second-order valence-corrected chi connectivity index (χ2v) is 5.47. The van der Waals surface area contributed by atoms with E-state index in [1.165, 1.54) is 16.0 Å². The highest BCUT2D eigenvalue weighted by Crippen LogP contribution is 2.22. The summed E-state index contributed by atoms with van der Waals surface area (Å²) in [6.07, 6.45) is 3.97. The van der Waals surface area contributed by atoms with Crippen molar-refractivity contribution in [1.29, 1.82) is 0 Å². The van der Waals surface area contributed by atoms with Crippen LogP contribution in [0, 0.1) is 0 Å². The Bertz CT molecular complexity index is 484. The Balaban J connectivity index is 1.67. The van der Waals surface area contributed by atoms with Gasteiger partial charge in [0, 0.05) is 12.6 Å². The minimum absolute atomic E-state index is 0.0766. The first-order valence-corrected chi connectivity index (χ1v) is 7.46. The number of carboxylic acid groups (broad SMARTS) is 1. The monoisotopic (exact) mass is 289 g/mol. The normalized spacial score (nSPS) is 20.7. The van der Waals surface area contributed by atoms with Gasteiger partial charge in [0.15, 0.2) is 0 Å². The quantitative estimate of drug-likeness (QED) is 0.664. The molecule has 0 saturated carbocycles. The molecular formula is C17H23NO3. The van der Waals surface area contributed by atoms with E-state index in [2.05, 4.69) is 18.2 Å². The van der Waals surface area contributed by atoms with Gasteiger partial charge in [0.05, 0.1) is 13.2 Å². The average Bonchev–Trinajstić information content (AvgIpc) is 2.47. The van der Waals surface area contributed by atoms with Crippen molar-refractivity contribution in [2.24, 2.45) is 0 Å². The van der Waals surface area contributed by atoms with Gasteiger partial charge in [-0.3, -0.25) is 0 Å². The second kappa shape index (κ2) is 7.84. The van der Waals surface area contributed by atoms with Crippen LogP contribution in [-0.2, 0) is 11.3 Å². The number of hydrogen-bond donors (Lipinski definition) is 1. The highest BCUT2D eigenvalue weighted by Gasteiger charge is 2.24. The van der Waals surface area contributed by atoms with Crippen LogP contribution in [0.1, 0.15) is 31.7 Å². The number of hydrogen-bond acceptors (Lipinski definition) is 2.